The van der Waals surface area contributed by atoms with E-state index in [2.05, 4.69) is 17.2 Å². The molecular formula is C13H15N3O3. The van der Waals surface area contributed by atoms with Gasteiger partial charge in [-0.3, -0.25) is 0 Å². The first-order chi connectivity index (χ1) is 9.19. The van der Waals surface area contributed by atoms with Crippen LogP contribution < -0.4 is 4.74 Å². The Morgan fingerprint density at radius 3 is 2.68 bits per heavy atom. The van der Waals surface area contributed by atoms with Gasteiger partial charge in [0.2, 0.25) is 0 Å². The van der Waals surface area contributed by atoms with Crippen molar-refractivity contribution in [2.24, 2.45) is 0 Å². The molecule has 6 heteroatoms. The molecule has 0 saturated heterocycles. The molecule has 0 unspecified atom stereocenters. The van der Waals surface area contributed by atoms with Crippen molar-refractivity contribution in [1.29, 1.82) is 0 Å². The first kappa shape index (κ1) is 13.1. The maximum Gasteiger partial charge on any atom is 0.358 e. The fourth-order valence-corrected chi connectivity index (χ4v) is 1.58. The molecule has 0 saturated carbocycles. The summed E-state index contributed by atoms with van der Waals surface area (Å²) in [6.45, 7) is 2.96. The molecule has 0 fully saturated rings. The fourth-order valence-electron chi connectivity index (χ4n) is 1.58. The molecule has 1 heterocycles. The first-order valence-electron chi connectivity index (χ1n) is 6.04. The predicted octanol–water partition coefficient (Wildman–Crippen LogP) is 1.62. The minimum atomic E-state index is -1.08. The molecule has 0 amide bonds. The van der Waals surface area contributed by atoms with Crippen molar-refractivity contribution in [1.82, 2.24) is 15.0 Å². The molecule has 1 aromatic heterocycles. The minimum absolute atomic E-state index is 0.0627. The molecule has 0 spiro atoms. The number of ether oxygens (including phenoxy) is 1. The maximum absolute atomic E-state index is 10.6. The molecule has 1 N–H and O–H groups in total. The molecule has 0 radical (unpaired) electrons. The van der Waals surface area contributed by atoms with Crippen LogP contribution in [-0.4, -0.2) is 32.7 Å². The van der Waals surface area contributed by atoms with E-state index in [4.69, 9.17) is 9.84 Å². The SMILES string of the molecule is CCc1ccc(OCCn2cc(C(=O)O)nn2)cc1. The van der Waals surface area contributed by atoms with Crippen LogP contribution >= 0.6 is 0 Å². The number of carboxylic acids is 1. The Kier molecular flexibility index (Phi) is 4.12. The van der Waals surface area contributed by atoms with Crippen LogP contribution in [0.1, 0.15) is 23.0 Å². The highest BCUT2D eigenvalue weighted by Crippen LogP contribution is 2.12. The summed E-state index contributed by atoms with van der Waals surface area (Å²) >= 11 is 0. The van der Waals surface area contributed by atoms with Crippen LogP contribution in [0.15, 0.2) is 30.5 Å². The van der Waals surface area contributed by atoms with E-state index in [-0.39, 0.29) is 5.69 Å². The van der Waals surface area contributed by atoms with Crippen molar-refractivity contribution >= 4 is 5.97 Å². The third kappa shape index (κ3) is 3.54. The second-order valence-electron chi connectivity index (χ2n) is 4.02. The smallest absolute Gasteiger partial charge is 0.358 e. The average Bonchev–Trinajstić information content (AvgIpc) is 2.89. The third-order valence-corrected chi connectivity index (χ3v) is 2.68. The molecule has 19 heavy (non-hydrogen) atoms. The van der Waals surface area contributed by atoms with Gasteiger partial charge in [-0.1, -0.05) is 24.3 Å². The molecule has 2 aromatic rings. The van der Waals surface area contributed by atoms with E-state index in [1.54, 1.807) is 0 Å². The van der Waals surface area contributed by atoms with Crippen molar-refractivity contribution in [2.45, 2.75) is 19.9 Å². The van der Waals surface area contributed by atoms with Gasteiger partial charge in [0.1, 0.15) is 12.4 Å². The summed E-state index contributed by atoms with van der Waals surface area (Å²) in [5, 5.41) is 15.9. The summed E-state index contributed by atoms with van der Waals surface area (Å²) in [4.78, 5) is 10.6. The van der Waals surface area contributed by atoms with Gasteiger partial charge in [-0.05, 0) is 24.1 Å². The summed E-state index contributed by atoms with van der Waals surface area (Å²) in [7, 11) is 0. The van der Waals surface area contributed by atoms with Crippen LogP contribution in [-0.2, 0) is 13.0 Å². The standard InChI is InChI=1S/C13H15N3O3/c1-2-10-3-5-11(6-4-10)19-8-7-16-9-12(13(17)18)14-15-16/h3-6,9H,2,7-8H2,1H3,(H,17,18). The van der Waals surface area contributed by atoms with Crippen LogP contribution in [0.4, 0.5) is 0 Å². The zero-order valence-electron chi connectivity index (χ0n) is 10.6. The Labute approximate surface area is 110 Å². The number of benzene rings is 1. The number of rotatable bonds is 6. The topological polar surface area (TPSA) is 77.2 Å². The summed E-state index contributed by atoms with van der Waals surface area (Å²) in [6, 6.07) is 7.88. The lowest BCUT2D eigenvalue weighted by Gasteiger charge is -2.06. The lowest BCUT2D eigenvalue weighted by molar-refractivity contribution is 0.0690. The highest BCUT2D eigenvalue weighted by Gasteiger charge is 2.07. The summed E-state index contributed by atoms with van der Waals surface area (Å²) in [5.74, 6) is -0.293. The summed E-state index contributed by atoms with van der Waals surface area (Å²) in [6.07, 6.45) is 2.38. The number of hydrogen-bond donors (Lipinski definition) is 1. The Balaban J connectivity index is 1.83. The van der Waals surface area contributed by atoms with Gasteiger partial charge in [-0.25, -0.2) is 9.48 Å². The van der Waals surface area contributed by atoms with Gasteiger partial charge in [-0.2, -0.15) is 0 Å². The number of nitrogens with zero attached hydrogens (tertiary/aromatic N) is 3. The molecule has 0 aliphatic carbocycles. The van der Waals surface area contributed by atoms with Crippen LogP contribution in [0.5, 0.6) is 5.75 Å². The van der Waals surface area contributed by atoms with E-state index in [0.29, 0.717) is 13.2 Å². The van der Waals surface area contributed by atoms with E-state index in [1.807, 2.05) is 24.3 Å². The van der Waals surface area contributed by atoms with Crippen LogP contribution in [0.25, 0.3) is 0 Å². The van der Waals surface area contributed by atoms with Crippen LogP contribution in [0.3, 0.4) is 0 Å². The van der Waals surface area contributed by atoms with Crippen LogP contribution in [0.2, 0.25) is 0 Å². The van der Waals surface area contributed by atoms with Crippen molar-refractivity contribution in [3.05, 3.63) is 41.7 Å². The van der Waals surface area contributed by atoms with Gasteiger partial charge in [0.25, 0.3) is 0 Å². The first-order valence-corrected chi connectivity index (χ1v) is 6.04. The van der Waals surface area contributed by atoms with Crippen LogP contribution in [0, 0.1) is 0 Å². The molecule has 0 aliphatic heterocycles. The lowest BCUT2D eigenvalue weighted by atomic mass is 10.2. The molecule has 0 bridgehead atoms. The maximum atomic E-state index is 10.6. The largest absolute Gasteiger partial charge is 0.492 e. The normalized spacial score (nSPS) is 10.4. The van der Waals surface area contributed by atoms with E-state index in [1.165, 1.54) is 16.4 Å². The highest BCUT2D eigenvalue weighted by molar-refractivity contribution is 5.84. The number of aromatic nitrogens is 3. The number of hydrogen-bond acceptors (Lipinski definition) is 4. The zero-order chi connectivity index (χ0) is 13.7. The minimum Gasteiger partial charge on any atom is -0.492 e. The molecule has 0 atom stereocenters. The molecule has 100 valence electrons. The molecular weight excluding hydrogens is 246 g/mol. The second-order valence-corrected chi connectivity index (χ2v) is 4.02. The number of aryl methyl sites for hydroxylation is 1. The number of aromatic carboxylic acids is 1. The van der Waals surface area contributed by atoms with E-state index >= 15 is 0 Å². The Morgan fingerprint density at radius 2 is 2.11 bits per heavy atom. The van der Waals surface area contributed by atoms with Gasteiger partial charge in [0.15, 0.2) is 5.69 Å². The van der Waals surface area contributed by atoms with Crippen molar-refractivity contribution in [3.8, 4) is 5.75 Å². The Morgan fingerprint density at radius 1 is 1.37 bits per heavy atom. The zero-order valence-corrected chi connectivity index (χ0v) is 10.6. The molecule has 1 aromatic carbocycles. The Bertz CT molecular complexity index is 549. The van der Waals surface area contributed by atoms with E-state index < -0.39 is 5.97 Å². The molecule has 2 rings (SSSR count). The second kappa shape index (κ2) is 5.99. The quantitative estimate of drug-likeness (QED) is 0.855. The van der Waals surface area contributed by atoms with Gasteiger partial charge >= 0.3 is 5.97 Å². The van der Waals surface area contributed by atoms with Crippen molar-refractivity contribution in [3.63, 3.8) is 0 Å². The van der Waals surface area contributed by atoms with Gasteiger partial charge < -0.3 is 9.84 Å². The number of carboxylic acid groups (broad SMARTS) is 1. The molecule has 0 aliphatic rings. The van der Waals surface area contributed by atoms with Gasteiger partial charge in [0.05, 0.1) is 12.7 Å². The predicted molar refractivity (Wildman–Crippen MR) is 68.3 cm³/mol. The van der Waals surface area contributed by atoms with Crippen molar-refractivity contribution in [2.75, 3.05) is 6.61 Å². The van der Waals surface area contributed by atoms with Gasteiger partial charge in [-0.15, -0.1) is 5.10 Å². The van der Waals surface area contributed by atoms with E-state index in [9.17, 15) is 4.79 Å². The molecule has 6 nitrogen and oxygen atoms in total. The van der Waals surface area contributed by atoms with Gasteiger partial charge in [0, 0.05) is 0 Å². The van der Waals surface area contributed by atoms with Crippen molar-refractivity contribution < 1.29 is 14.6 Å². The average molecular weight is 261 g/mol. The monoisotopic (exact) mass is 261 g/mol. The number of carbonyl (C=O) groups is 1. The summed E-state index contributed by atoms with van der Waals surface area (Å²) in [5.41, 5.74) is 1.20. The lowest BCUT2D eigenvalue weighted by Crippen LogP contribution is -2.08. The van der Waals surface area contributed by atoms with E-state index in [0.717, 1.165) is 12.2 Å². The fraction of sp³-hybridized carbons (Fsp3) is 0.308. The third-order valence-electron chi connectivity index (χ3n) is 2.68. The highest BCUT2D eigenvalue weighted by atomic mass is 16.5. The summed E-state index contributed by atoms with van der Waals surface area (Å²) < 4.78 is 6.99. The Hall–Kier alpha value is -2.37.